The van der Waals surface area contributed by atoms with Crippen LogP contribution in [0.4, 0.5) is 0 Å². The van der Waals surface area contributed by atoms with Gasteiger partial charge in [0.1, 0.15) is 5.58 Å². The Balaban J connectivity index is 0.000000250. The van der Waals surface area contributed by atoms with Crippen LogP contribution in [0.2, 0.25) is 0 Å². The minimum absolute atomic E-state index is 0. The molecule has 0 aliphatic heterocycles. The van der Waals surface area contributed by atoms with Gasteiger partial charge >= 0.3 is 0 Å². The van der Waals surface area contributed by atoms with Gasteiger partial charge in [0.05, 0.1) is 10.3 Å². The Labute approximate surface area is 306 Å². The van der Waals surface area contributed by atoms with E-state index in [1.807, 2.05) is 55.7 Å². The Hall–Kier alpha value is -4.41. The first kappa shape index (κ1) is 34.5. The fourth-order valence-corrected chi connectivity index (χ4v) is 7.44. The Kier molecular flexibility index (Phi) is 9.73. The van der Waals surface area contributed by atoms with Crippen molar-refractivity contribution in [2.45, 2.75) is 53.9 Å². The van der Waals surface area contributed by atoms with Crippen molar-refractivity contribution in [3.63, 3.8) is 0 Å². The first-order valence-electron chi connectivity index (χ1n) is 16.3. The number of benzene rings is 4. The van der Waals surface area contributed by atoms with Crippen LogP contribution in [-0.4, -0.2) is 9.97 Å². The molecule has 49 heavy (non-hydrogen) atoms. The minimum Gasteiger partial charge on any atom is -0.499 e. The molecule has 1 radical (unpaired) electrons. The van der Waals surface area contributed by atoms with E-state index in [2.05, 4.69) is 113 Å². The molecule has 0 saturated carbocycles. The number of furan rings is 1. The first-order valence-corrected chi connectivity index (χ1v) is 17.1. The molecular formula is C44H38IrN2OS-2. The molecule has 8 rings (SSSR count). The average Bonchev–Trinajstić information content (AvgIpc) is 3.65. The van der Waals surface area contributed by atoms with Crippen molar-refractivity contribution in [2.75, 3.05) is 0 Å². The Bertz CT molecular complexity index is 2400. The normalized spacial score (nSPS) is 11.4. The zero-order valence-corrected chi connectivity index (χ0v) is 32.1. The van der Waals surface area contributed by atoms with E-state index in [-0.39, 0.29) is 25.5 Å². The number of nitrogens with zero attached hydrogens (tertiary/aromatic N) is 2. The van der Waals surface area contributed by atoms with Crippen LogP contribution in [0.15, 0.2) is 108 Å². The van der Waals surface area contributed by atoms with E-state index >= 15 is 0 Å². The molecular weight excluding hydrogens is 797 g/mol. The molecule has 5 heteroatoms. The number of hydrogen-bond acceptors (Lipinski definition) is 4. The van der Waals surface area contributed by atoms with Crippen LogP contribution >= 0.6 is 11.3 Å². The zero-order valence-electron chi connectivity index (χ0n) is 28.9. The molecule has 4 aromatic carbocycles. The largest absolute Gasteiger partial charge is 0.499 e. The van der Waals surface area contributed by atoms with Gasteiger partial charge in [-0.2, -0.15) is 0 Å². The monoisotopic (exact) mass is 835 g/mol. The molecule has 247 valence electrons. The standard InChI is InChI=1S/C32H28NOS.C12H10N.Ir/c1-18-9-7-10-19(2)28(18)25-17-33-27(16-26(25)32(4,5)6)24-12-8-11-22-23-14-13-21-15-20(3)35-31(21)30(23)34-29(22)24;1-10-7-8-12(13-9-10)11-5-3-2-4-6-11;/h7-11,13-17H,1-6H3;2-5,7-9H,1H3;/q2*-1;. The first-order chi connectivity index (χ1) is 23.1. The van der Waals surface area contributed by atoms with E-state index in [0.717, 1.165) is 44.5 Å². The van der Waals surface area contributed by atoms with Gasteiger partial charge in [0.25, 0.3) is 0 Å². The second kappa shape index (κ2) is 13.8. The fraction of sp³-hybridized carbons (Fsp3) is 0.182. The maximum Gasteiger partial charge on any atom is 0.138 e. The van der Waals surface area contributed by atoms with Crippen molar-refractivity contribution in [3.05, 3.63) is 143 Å². The third-order valence-corrected chi connectivity index (χ3v) is 9.89. The van der Waals surface area contributed by atoms with Gasteiger partial charge in [-0.3, -0.25) is 0 Å². The molecule has 3 nitrogen and oxygen atoms in total. The summed E-state index contributed by atoms with van der Waals surface area (Å²) in [7, 11) is 0. The topological polar surface area (TPSA) is 38.9 Å². The molecule has 0 amide bonds. The number of pyridine rings is 2. The molecule has 0 fully saturated rings. The second-order valence-corrected chi connectivity index (χ2v) is 14.8. The number of aryl methyl sites for hydroxylation is 4. The summed E-state index contributed by atoms with van der Waals surface area (Å²) < 4.78 is 7.79. The molecule has 4 aromatic heterocycles. The fourth-order valence-electron chi connectivity index (χ4n) is 6.45. The number of aromatic nitrogens is 2. The van der Waals surface area contributed by atoms with Crippen molar-refractivity contribution < 1.29 is 24.5 Å². The predicted octanol–water partition coefficient (Wildman–Crippen LogP) is 12.4. The molecule has 8 aromatic rings. The maximum atomic E-state index is 6.58. The summed E-state index contributed by atoms with van der Waals surface area (Å²) in [6.07, 6.45) is 3.91. The van der Waals surface area contributed by atoms with Crippen LogP contribution in [0, 0.1) is 39.8 Å². The van der Waals surface area contributed by atoms with Crippen molar-refractivity contribution in [3.8, 4) is 33.6 Å². The molecule has 0 saturated heterocycles. The van der Waals surface area contributed by atoms with Crippen LogP contribution in [0.5, 0.6) is 0 Å². The smallest absolute Gasteiger partial charge is 0.138 e. The summed E-state index contributed by atoms with van der Waals surface area (Å²) in [6, 6.07) is 37.9. The molecule has 0 aliphatic carbocycles. The Morgan fingerprint density at radius 2 is 1.45 bits per heavy atom. The maximum absolute atomic E-state index is 6.58. The molecule has 4 heterocycles. The quantitative estimate of drug-likeness (QED) is 0.166. The molecule has 0 N–H and O–H groups in total. The predicted molar refractivity (Wildman–Crippen MR) is 203 cm³/mol. The van der Waals surface area contributed by atoms with Crippen molar-refractivity contribution in [1.29, 1.82) is 0 Å². The van der Waals surface area contributed by atoms with Crippen LogP contribution in [0.1, 0.15) is 47.9 Å². The second-order valence-electron chi connectivity index (χ2n) is 13.5. The van der Waals surface area contributed by atoms with E-state index in [1.165, 1.54) is 48.3 Å². The number of hydrogen-bond donors (Lipinski definition) is 0. The number of fused-ring (bicyclic) bond motifs is 5. The molecule has 0 aliphatic rings. The van der Waals surface area contributed by atoms with Gasteiger partial charge in [-0.1, -0.05) is 80.3 Å². The number of rotatable bonds is 3. The SMILES string of the molecule is Cc1cc2ccc3c4cc[c-]c(-c5cc(C(C)(C)C)c(-c6c(C)cccc6C)cn5)c4oc3c2s1.Cc1ccc(-c2[c-]cccc2)nc1.[Ir]. The van der Waals surface area contributed by atoms with Crippen molar-refractivity contribution >= 4 is 43.4 Å². The van der Waals surface area contributed by atoms with E-state index in [0.29, 0.717) is 0 Å². The van der Waals surface area contributed by atoms with Crippen LogP contribution in [0.25, 0.3) is 65.7 Å². The van der Waals surface area contributed by atoms with Gasteiger partial charge in [-0.15, -0.1) is 65.4 Å². The third kappa shape index (κ3) is 6.76. The zero-order chi connectivity index (χ0) is 33.6. The van der Waals surface area contributed by atoms with Gasteiger partial charge in [0.15, 0.2) is 0 Å². The van der Waals surface area contributed by atoms with Crippen LogP contribution in [-0.2, 0) is 25.5 Å². The molecule has 0 atom stereocenters. The Morgan fingerprint density at radius 3 is 2.14 bits per heavy atom. The van der Waals surface area contributed by atoms with Gasteiger partial charge in [-0.25, -0.2) is 0 Å². The molecule has 0 spiro atoms. The van der Waals surface area contributed by atoms with Gasteiger partial charge in [0, 0.05) is 48.3 Å². The summed E-state index contributed by atoms with van der Waals surface area (Å²) in [5.41, 5.74) is 13.1. The van der Waals surface area contributed by atoms with Crippen LogP contribution in [0.3, 0.4) is 0 Å². The average molecular weight is 835 g/mol. The van der Waals surface area contributed by atoms with Gasteiger partial charge in [0.2, 0.25) is 0 Å². The summed E-state index contributed by atoms with van der Waals surface area (Å²) in [5, 5.41) is 3.49. The van der Waals surface area contributed by atoms with Crippen molar-refractivity contribution in [2.24, 2.45) is 0 Å². The summed E-state index contributed by atoms with van der Waals surface area (Å²) in [6.45, 7) is 15.3. The van der Waals surface area contributed by atoms with E-state index in [1.54, 1.807) is 11.3 Å². The summed E-state index contributed by atoms with van der Waals surface area (Å²) in [5.74, 6) is 0. The van der Waals surface area contributed by atoms with Gasteiger partial charge < -0.3 is 14.4 Å². The van der Waals surface area contributed by atoms with E-state index in [9.17, 15) is 0 Å². The Morgan fingerprint density at radius 1 is 0.694 bits per heavy atom. The molecule has 0 unspecified atom stereocenters. The number of thiophene rings is 1. The van der Waals surface area contributed by atoms with E-state index < -0.39 is 0 Å². The van der Waals surface area contributed by atoms with Crippen LogP contribution < -0.4 is 0 Å². The van der Waals surface area contributed by atoms with Crippen molar-refractivity contribution in [1.82, 2.24) is 9.97 Å². The third-order valence-electron chi connectivity index (χ3n) is 8.82. The summed E-state index contributed by atoms with van der Waals surface area (Å²) in [4.78, 5) is 10.6. The van der Waals surface area contributed by atoms with E-state index in [4.69, 9.17) is 9.40 Å². The summed E-state index contributed by atoms with van der Waals surface area (Å²) >= 11 is 1.79. The minimum atomic E-state index is -0.0514. The van der Waals surface area contributed by atoms with Gasteiger partial charge in [-0.05, 0) is 83.8 Å². The molecule has 0 bridgehead atoms.